The minimum atomic E-state index is 0.0711. The first-order chi connectivity index (χ1) is 12.7. The number of ether oxygens (including phenoxy) is 1. The van der Waals surface area contributed by atoms with Crippen LogP contribution in [-0.4, -0.2) is 30.2 Å². The van der Waals surface area contributed by atoms with Crippen molar-refractivity contribution in [1.29, 1.82) is 0 Å². The highest BCUT2D eigenvalue weighted by Gasteiger charge is 2.28. The summed E-state index contributed by atoms with van der Waals surface area (Å²) in [5, 5.41) is 0. The molecule has 140 valence electrons. The zero-order valence-corrected chi connectivity index (χ0v) is 16.4. The average Bonchev–Trinajstić information content (AvgIpc) is 3.03. The summed E-state index contributed by atoms with van der Waals surface area (Å²) < 4.78 is 11.2. The standard InChI is InChI=1S/C21H27NO3S/c1-3-16-10-13-20(25-16)19-7-5-4-6-14-22(19)21(23)15-26-18-11-8-17(24-2)9-12-18/h8-13,19H,3-7,14-15H2,1-2H3. The van der Waals surface area contributed by atoms with E-state index in [4.69, 9.17) is 9.15 Å². The van der Waals surface area contributed by atoms with E-state index >= 15 is 0 Å². The minimum Gasteiger partial charge on any atom is -0.497 e. The van der Waals surface area contributed by atoms with Gasteiger partial charge in [-0.25, -0.2) is 0 Å². The minimum absolute atomic E-state index is 0.0711. The van der Waals surface area contributed by atoms with Crippen molar-refractivity contribution in [3.05, 3.63) is 47.9 Å². The van der Waals surface area contributed by atoms with Crippen molar-refractivity contribution < 1.29 is 13.9 Å². The van der Waals surface area contributed by atoms with Crippen molar-refractivity contribution in [2.45, 2.75) is 50.0 Å². The van der Waals surface area contributed by atoms with Gasteiger partial charge in [-0.15, -0.1) is 11.8 Å². The largest absolute Gasteiger partial charge is 0.497 e. The van der Waals surface area contributed by atoms with Crippen LogP contribution in [0.3, 0.4) is 0 Å². The molecule has 0 aliphatic carbocycles. The number of carbonyl (C=O) groups is 1. The summed E-state index contributed by atoms with van der Waals surface area (Å²) in [5.41, 5.74) is 0. The van der Waals surface area contributed by atoms with Crippen LogP contribution in [0.4, 0.5) is 0 Å². The Morgan fingerprint density at radius 1 is 1.19 bits per heavy atom. The number of methoxy groups -OCH3 is 1. The molecule has 0 spiro atoms. The fraction of sp³-hybridized carbons (Fsp3) is 0.476. The predicted octanol–water partition coefficient (Wildman–Crippen LogP) is 5.09. The van der Waals surface area contributed by atoms with E-state index in [1.165, 1.54) is 6.42 Å². The van der Waals surface area contributed by atoms with Gasteiger partial charge in [-0.3, -0.25) is 4.79 Å². The van der Waals surface area contributed by atoms with Gasteiger partial charge in [0.2, 0.25) is 5.91 Å². The molecule has 0 bridgehead atoms. The molecule has 1 unspecified atom stereocenters. The number of furan rings is 1. The topological polar surface area (TPSA) is 42.7 Å². The van der Waals surface area contributed by atoms with Gasteiger partial charge >= 0.3 is 0 Å². The Morgan fingerprint density at radius 3 is 2.69 bits per heavy atom. The lowest BCUT2D eigenvalue weighted by atomic mass is 10.1. The Bertz CT molecular complexity index is 710. The lowest BCUT2D eigenvalue weighted by molar-refractivity contribution is -0.131. The van der Waals surface area contributed by atoms with Gasteiger partial charge in [-0.1, -0.05) is 19.8 Å². The molecular formula is C21H27NO3S. The predicted molar refractivity (Wildman–Crippen MR) is 105 cm³/mol. The highest BCUT2D eigenvalue weighted by molar-refractivity contribution is 8.00. The normalized spacial score (nSPS) is 17.8. The van der Waals surface area contributed by atoms with Crippen LogP contribution in [0.5, 0.6) is 5.75 Å². The molecule has 0 saturated carbocycles. The van der Waals surface area contributed by atoms with Crippen LogP contribution in [0.15, 0.2) is 45.7 Å². The van der Waals surface area contributed by atoms with Crippen LogP contribution in [0.25, 0.3) is 0 Å². The second kappa shape index (κ2) is 9.17. The van der Waals surface area contributed by atoms with Crippen LogP contribution in [0.1, 0.15) is 50.2 Å². The van der Waals surface area contributed by atoms with Gasteiger partial charge in [0, 0.05) is 17.9 Å². The van der Waals surface area contributed by atoms with E-state index in [-0.39, 0.29) is 11.9 Å². The molecule has 26 heavy (non-hydrogen) atoms. The Morgan fingerprint density at radius 2 is 2.00 bits per heavy atom. The zero-order valence-electron chi connectivity index (χ0n) is 15.6. The van der Waals surface area contributed by atoms with E-state index < -0.39 is 0 Å². The van der Waals surface area contributed by atoms with Gasteiger partial charge in [0.1, 0.15) is 17.3 Å². The number of carbonyl (C=O) groups excluding carboxylic acids is 1. The first kappa shape index (κ1) is 18.9. The van der Waals surface area contributed by atoms with Gasteiger partial charge in [-0.2, -0.15) is 0 Å². The number of benzene rings is 1. The summed E-state index contributed by atoms with van der Waals surface area (Å²) in [4.78, 5) is 16.1. The van der Waals surface area contributed by atoms with Crippen molar-refractivity contribution in [1.82, 2.24) is 4.90 Å². The van der Waals surface area contributed by atoms with Crippen LogP contribution in [0.2, 0.25) is 0 Å². The maximum absolute atomic E-state index is 12.9. The molecule has 5 heteroatoms. The first-order valence-electron chi connectivity index (χ1n) is 9.36. The second-order valence-electron chi connectivity index (χ2n) is 6.57. The van der Waals surface area contributed by atoms with Gasteiger partial charge in [-0.05, 0) is 49.2 Å². The Labute approximate surface area is 159 Å². The number of rotatable bonds is 6. The lowest BCUT2D eigenvalue weighted by Crippen LogP contribution is -2.35. The molecule has 1 aliphatic heterocycles. The Balaban J connectivity index is 1.67. The van der Waals surface area contributed by atoms with Crippen molar-refractivity contribution in [3.63, 3.8) is 0 Å². The summed E-state index contributed by atoms with van der Waals surface area (Å²) >= 11 is 1.58. The Hall–Kier alpha value is -1.88. The average molecular weight is 374 g/mol. The van der Waals surface area contributed by atoms with Gasteiger partial charge in [0.05, 0.1) is 18.9 Å². The molecule has 1 amide bonds. The third kappa shape index (κ3) is 4.64. The molecule has 1 aromatic carbocycles. The summed E-state index contributed by atoms with van der Waals surface area (Å²) in [6.45, 7) is 2.90. The molecule has 2 heterocycles. The second-order valence-corrected chi connectivity index (χ2v) is 7.62. The van der Waals surface area contributed by atoms with Crippen LogP contribution < -0.4 is 4.74 Å². The van der Waals surface area contributed by atoms with Crippen LogP contribution >= 0.6 is 11.8 Å². The molecule has 1 aliphatic rings. The first-order valence-corrected chi connectivity index (χ1v) is 10.3. The number of hydrogen-bond acceptors (Lipinski definition) is 4. The van der Waals surface area contributed by atoms with E-state index in [9.17, 15) is 4.79 Å². The van der Waals surface area contributed by atoms with E-state index in [1.54, 1.807) is 18.9 Å². The smallest absolute Gasteiger partial charge is 0.233 e. The number of likely N-dealkylation sites (tertiary alicyclic amines) is 1. The van der Waals surface area contributed by atoms with Crippen molar-refractivity contribution in [2.75, 3.05) is 19.4 Å². The SMILES string of the molecule is CCc1ccc(C2CCCCCN2C(=O)CSc2ccc(OC)cc2)o1. The fourth-order valence-corrected chi connectivity index (χ4v) is 4.15. The summed E-state index contributed by atoms with van der Waals surface area (Å²) in [6, 6.07) is 12.0. The number of thioether (sulfide) groups is 1. The van der Waals surface area contributed by atoms with Gasteiger partial charge < -0.3 is 14.1 Å². The maximum atomic E-state index is 12.9. The zero-order chi connectivity index (χ0) is 18.4. The molecule has 3 rings (SSSR count). The number of aryl methyl sites for hydroxylation is 1. The summed E-state index contributed by atoms with van der Waals surface area (Å²) in [5.74, 6) is 3.39. The summed E-state index contributed by atoms with van der Waals surface area (Å²) in [6.07, 6.45) is 5.25. The number of hydrogen-bond donors (Lipinski definition) is 0. The molecule has 1 saturated heterocycles. The molecule has 1 aromatic heterocycles. The van der Waals surface area contributed by atoms with Gasteiger partial charge in [0.25, 0.3) is 0 Å². The lowest BCUT2D eigenvalue weighted by Gasteiger charge is -2.28. The number of amides is 1. The third-order valence-corrected chi connectivity index (χ3v) is 5.85. The summed E-state index contributed by atoms with van der Waals surface area (Å²) in [7, 11) is 1.66. The molecule has 0 N–H and O–H groups in total. The molecule has 0 radical (unpaired) electrons. The molecule has 1 atom stereocenters. The number of nitrogens with zero attached hydrogens (tertiary/aromatic N) is 1. The molecule has 1 fully saturated rings. The fourth-order valence-electron chi connectivity index (χ4n) is 3.37. The molecule has 2 aromatic rings. The van der Waals surface area contributed by atoms with Crippen LogP contribution in [-0.2, 0) is 11.2 Å². The highest BCUT2D eigenvalue weighted by atomic mass is 32.2. The van der Waals surface area contributed by atoms with E-state index in [2.05, 4.69) is 6.92 Å². The van der Waals surface area contributed by atoms with Gasteiger partial charge in [0.15, 0.2) is 0 Å². The van der Waals surface area contributed by atoms with E-state index in [1.807, 2.05) is 41.3 Å². The third-order valence-electron chi connectivity index (χ3n) is 4.85. The maximum Gasteiger partial charge on any atom is 0.233 e. The monoisotopic (exact) mass is 373 g/mol. The van der Waals surface area contributed by atoms with Crippen molar-refractivity contribution in [3.8, 4) is 5.75 Å². The molecular weight excluding hydrogens is 346 g/mol. The van der Waals surface area contributed by atoms with Crippen LogP contribution in [0, 0.1) is 0 Å². The van der Waals surface area contributed by atoms with E-state index in [0.29, 0.717) is 5.75 Å². The van der Waals surface area contributed by atoms with Crippen molar-refractivity contribution >= 4 is 17.7 Å². The molecule has 4 nitrogen and oxygen atoms in total. The van der Waals surface area contributed by atoms with Crippen molar-refractivity contribution in [2.24, 2.45) is 0 Å². The van der Waals surface area contributed by atoms with E-state index in [0.717, 1.165) is 54.4 Å². The highest BCUT2D eigenvalue weighted by Crippen LogP contribution is 2.32. The Kier molecular flexibility index (Phi) is 6.67. The quantitative estimate of drug-likeness (QED) is 0.662.